The minimum Gasteiger partial charge on any atom is -0.383 e. The fraction of sp³-hybridized carbons (Fsp3) is 0.400. The Bertz CT molecular complexity index is 995. The Morgan fingerprint density at radius 1 is 1.26 bits per heavy atom. The second-order valence-corrected chi connectivity index (χ2v) is 7.61. The van der Waals surface area contributed by atoms with Gasteiger partial charge in [0.15, 0.2) is 5.65 Å². The third-order valence-electron chi connectivity index (χ3n) is 5.26. The van der Waals surface area contributed by atoms with Crippen molar-refractivity contribution >= 4 is 11.6 Å². The van der Waals surface area contributed by atoms with Crippen LogP contribution in [0.2, 0.25) is 0 Å². The molecule has 140 valence electrons. The third kappa shape index (κ3) is 3.08. The maximum absolute atomic E-state index is 13.1. The lowest BCUT2D eigenvalue weighted by Gasteiger charge is -2.24. The summed E-state index contributed by atoms with van der Waals surface area (Å²) in [5.41, 5.74) is 2.90. The molecule has 1 amide bonds. The molecule has 2 aromatic heterocycles. The number of rotatable bonds is 3. The van der Waals surface area contributed by atoms with Gasteiger partial charge in [-0.25, -0.2) is 0 Å². The highest BCUT2D eigenvalue weighted by atomic mass is 16.3. The molecule has 7 heteroatoms. The largest absolute Gasteiger partial charge is 0.383 e. The van der Waals surface area contributed by atoms with Crippen molar-refractivity contribution in [1.29, 1.82) is 0 Å². The number of fused-ring (bicyclic) bond motifs is 1. The lowest BCUT2D eigenvalue weighted by atomic mass is 9.92. The average Bonchev–Trinajstić information content (AvgIpc) is 3.28. The number of nitrogens with zero attached hydrogens (tertiary/aromatic N) is 5. The van der Waals surface area contributed by atoms with Crippen molar-refractivity contribution in [1.82, 2.24) is 24.7 Å². The maximum Gasteiger partial charge on any atom is 0.274 e. The normalized spacial score (nSPS) is 20.0. The Balaban J connectivity index is 1.62. The van der Waals surface area contributed by atoms with Crippen LogP contribution < -0.4 is 0 Å². The number of benzene rings is 1. The van der Waals surface area contributed by atoms with Crippen molar-refractivity contribution in [3.8, 4) is 0 Å². The zero-order valence-electron chi connectivity index (χ0n) is 15.8. The number of hydrogen-bond donors (Lipinski definition) is 1. The molecule has 0 saturated carbocycles. The first-order valence-corrected chi connectivity index (χ1v) is 9.17. The van der Waals surface area contributed by atoms with E-state index in [9.17, 15) is 9.90 Å². The Morgan fingerprint density at radius 3 is 2.70 bits per heavy atom. The molecule has 1 N–H and O–H groups in total. The van der Waals surface area contributed by atoms with Gasteiger partial charge in [-0.3, -0.25) is 4.79 Å². The molecule has 3 aromatic rings. The zero-order chi connectivity index (χ0) is 19.2. The highest BCUT2D eigenvalue weighted by Gasteiger charge is 2.40. The second kappa shape index (κ2) is 6.42. The number of hydrogen-bond acceptors (Lipinski definition) is 5. The molecule has 4 rings (SSSR count). The van der Waals surface area contributed by atoms with E-state index in [1.165, 1.54) is 6.33 Å². The van der Waals surface area contributed by atoms with E-state index >= 15 is 0 Å². The molecule has 0 unspecified atom stereocenters. The molecule has 27 heavy (non-hydrogen) atoms. The van der Waals surface area contributed by atoms with Crippen LogP contribution in [-0.2, 0) is 5.60 Å². The minimum atomic E-state index is -1.02. The van der Waals surface area contributed by atoms with Crippen LogP contribution in [0.25, 0.3) is 5.65 Å². The van der Waals surface area contributed by atoms with Crippen molar-refractivity contribution in [2.75, 3.05) is 13.1 Å². The number of carbonyl (C=O) groups excluding carboxylic acids is 1. The van der Waals surface area contributed by atoms with Gasteiger partial charge in [-0.1, -0.05) is 43.7 Å². The summed E-state index contributed by atoms with van der Waals surface area (Å²) in [7, 11) is 0. The first kappa shape index (κ1) is 17.6. The summed E-state index contributed by atoms with van der Waals surface area (Å²) in [5, 5.41) is 23.4. The molecule has 7 nitrogen and oxygen atoms in total. The summed E-state index contributed by atoms with van der Waals surface area (Å²) < 4.78 is 1.55. The van der Waals surface area contributed by atoms with E-state index in [1.807, 2.05) is 45.0 Å². The lowest BCUT2D eigenvalue weighted by Crippen LogP contribution is -2.35. The smallest absolute Gasteiger partial charge is 0.274 e. The van der Waals surface area contributed by atoms with Crippen molar-refractivity contribution in [3.05, 3.63) is 59.0 Å². The topological polar surface area (TPSA) is 83.6 Å². The summed E-state index contributed by atoms with van der Waals surface area (Å²) in [6.45, 7) is 6.85. The van der Waals surface area contributed by atoms with E-state index in [0.717, 1.165) is 16.7 Å². The predicted molar refractivity (Wildman–Crippen MR) is 100 cm³/mol. The van der Waals surface area contributed by atoms with E-state index in [2.05, 4.69) is 15.3 Å². The van der Waals surface area contributed by atoms with Gasteiger partial charge in [-0.2, -0.15) is 9.61 Å². The van der Waals surface area contributed by atoms with Gasteiger partial charge in [0.2, 0.25) is 0 Å². The first-order chi connectivity index (χ1) is 12.9. The zero-order valence-corrected chi connectivity index (χ0v) is 15.8. The quantitative estimate of drug-likeness (QED) is 0.770. The minimum absolute atomic E-state index is 0.185. The molecule has 1 fully saturated rings. The van der Waals surface area contributed by atoms with Gasteiger partial charge in [0.25, 0.3) is 5.91 Å². The number of aryl methyl sites for hydroxylation is 1. The van der Waals surface area contributed by atoms with E-state index in [-0.39, 0.29) is 18.4 Å². The number of aromatic nitrogens is 4. The van der Waals surface area contributed by atoms with Crippen LogP contribution in [0.1, 0.15) is 53.4 Å². The molecule has 3 heterocycles. The molecular formula is C20H23N5O2. The highest BCUT2D eigenvalue weighted by molar-refractivity contribution is 5.93. The summed E-state index contributed by atoms with van der Waals surface area (Å²) in [6.07, 6.45) is 2.01. The van der Waals surface area contributed by atoms with E-state index in [4.69, 9.17) is 0 Å². The van der Waals surface area contributed by atoms with Gasteiger partial charge in [0.05, 0.1) is 6.54 Å². The molecule has 1 atom stereocenters. The van der Waals surface area contributed by atoms with E-state index in [1.54, 1.807) is 15.5 Å². The number of likely N-dealkylation sites (tertiary alicyclic amines) is 1. The van der Waals surface area contributed by atoms with Crippen molar-refractivity contribution in [2.24, 2.45) is 0 Å². The summed E-state index contributed by atoms with van der Waals surface area (Å²) in [5.74, 6) is 0.00450. The van der Waals surface area contributed by atoms with E-state index in [0.29, 0.717) is 24.3 Å². The van der Waals surface area contributed by atoms with Gasteiger partial charge in [0.1, 0.15) is 17.6 Å². The molecule has 0 aliphatic carbocycles. The summed E-state index contributed by atoms with van der Waals surface area (Å²) in [6, 6.07) is 9.62. The maximum atomic E-state index is 13.1. The first-order valence-electron chi connectivity index (χ1n) is 9.17. The molecule has 1 aromatic carbocycles. The van der Waals surface area contributed by atoms with Crippen molar-refractivity contribution < 1.29 is 9.90 Å². The molecular weight excluding hydrogens is 342 g/mol. The van der Waals surface area contributed by atoms with Gasteiger partial charge in [-0.05, 0) is 30.9 Å². The van der Waals surface area contributed by atoms with Crippen LogP contribution in [0.5, 0.6) is 0 Å². The van der Waals surface area contributed by atoms with Crippen molar-refractivity contribution in [2.45, 2.75) is 38.7 Å². The molecule has 0 bridgehead atoms. The van der Waals surface area contributed by atoms with Crippen LogP contribution in [0, 0.1) is 6.92 Å². The standard InChI is InChI=1S/C20H23N5O2/c1-13(2)16-10-17(23-25-12-21-22-18(16)25)19(26)24-9-8-20(27,11-24)15-6-4-14(3)5-7-15/h4-7,10,12-13,27H,8-9,11H2,1-3H3/t20-/m0/s1. The SMILES string of the molecule is Cc1ccc([C@]2(O)CCN(C(=O)c3cc(C(C)C)c4nncn4n3)C2)cc1. The summed E-state index contributed by atoms with van der Waals surface area (Å²) in [4.78, 5) is 14.7. The molecule has 1 aliphatic rings. The molecule has 0 radical (unpaired) electrons. The Kier molecular flexibility index (Phi) is 4.19. The molecule has 1 aliphatic heterocycles. The summed E-state index contributed by atoms with van der Waals surface area (Å²) >= 11 is 0. The van der Waals surface area contributed by atoms with Gasteiger partial charge in [0, 0.05) is 12.1 Å². The molecule has 1 saturated heterocycles. The fourth-order valence-electron chi connectivity index (χ4n) is 3.61. The van der Waals surface area contributed by atoms with Crippen LogP contribution in [-0.4, -0.2) is 48.8 Å². The Hall–Kier alpha value is -2.80. The van der Waals surface area contributed by atoms with Crippen LogP contribution in [0.3, 0.4) is 0 Å². The Labute approximate surface area is 157 Å². The number of aliphatic hydroxyl groups is 1. The fourth-order valence-corrected chi connectivity index (χ4v) is 3.61. The Morgan fingerprint density at radius 2 is 2.00 bits per heavy atom. The monoisotopic (exact) mass is 365 g/mol. The number of carbonyl (C=O) groups is 1. The van der Waals surface area contributed by atoms with Gasteiger partial charge in [-0.15, -0.1) is 10.2 Å². The number of amides is 1. The van der Waals surface area contributed by atoms with Crippen LogP contribution in [0.15, 0.2) is 36.7 Å². The highest BCUT2D eigenvalue weighted by Crippen LogP contribution is 2.33. The predicted octanol–water partition coefficient (Wildman–Crippen LogP) is 2.29. The van der Waals surface area contributed by atoms with Crippen LogP contribution in [0.4, 0.5) is 0 Å². The van der Waals surface area contributed by atoms with Crippen LogP contribution >= 0.6 is 0 Å². The average molecular weight is 365 g/mol. The third-order valence-corrected chi connectivity index (χ3v) is 5.26. The van der Waals surface area contributed by atoms with Gasteiger partial charge >= 0.3 is 0 Å². The van der Waals surface area contributed by atoms with Gasteiger partial charge < -0.3 is 10.0 Å². The van der Waals surface area contributed by atoms with Crippen molar-refractivity contribution in [3.63, 3.8) is 0 Å². The lowest BCUT2D eigenvalue weighted by molar-refractivity contribution is 0.0415. The number of β-amino-alcohol motifs (C(OH)–C–C–N with tert-alkyl or cyclic N) is 1. The molecule has 0 spiro atoms. The van der Waals surface area contributed by atoms with E-state index < -0.39 is 5.60 Å². The second-order valence-electron chi connectivity index (χ2n) is 7.61.